The van der Waals surface area contributed by atoms with Crippen LogP contribution in [-0.2, 0) is 19.5 Å². The Morgan fingerprint density at radius 2 is 1.76 bits per heavy atom. The molecule has 1 heterocycles. The number of hydrogen-bond donors (Lipinski definition) is 1. The van der Waals surface area contributed by atoms with Crippen molar-refractivity contribution in [1.82, 2.24) is 4.31 Å². The van der Waals surface area contributed by atoms with Crippen LogP contribution in [0.25, 0.3) is 0 Å². The Morgan fingerprint density at radius 1 is 1.24 bits per heavy atom. The standard InChI is InChI=1S/C13H19BrN2O4S/c1-8-4-9(14)10(15)5-13(8)21(17,18)16-6-11(19-2)12(7-16)20-3/h4-5,11-12H,6-7,15H2,1-3H3. The van der Waals surface area contributed by atoms with Gasteiger partial charge in [-0.25, -0.2) is 8.42 Å². The van der Waals surface area contributed by atoms with Gasteiger partial charge >= 0.3 is 0 Å². The zero-order chi connectivity index (χ0) is 15.8. The van der Waals surface area contributed by atoms with Crippen molar-refractivity contribution in [3.63, 3.8) is 0 Å². The minimum absolute atomic E-state index is 0.217. The van der Waals surface area contributed by atoms with Gasteiger partial charge in [0, 0.05) is 37.5 Å². The molecule has 1 fully saturated rings. The Bertz CT molecular complexity index is 623. The molecule has 0 bridgehead atoms. The zero-order valence-corrected chi connectivity index (χ0v) is 14.6. The fourth-order valence-electron chi connectivity index (χ4n) is 2.45. The molecule has 118 valence electrons. The van der Waals surface area contributed by atoms with Crippen molar-refractivity contribution in [3.8, 4) is 0 Å². The fraction of sp³-hybridized carbons (Fsp3) is 0.538. The highest BCUT2D eigenvalue weighted by Crippen LogP contribution is 2.30. The normalized spacial score (nSPS) is 23.6. The zero-order valence-electron chi connectivity index (χ0n) is 12.2. The molecule has 0 radical (unpaired) electrons. The number of nitrogens with zero attached hydrogens (tertiary/aromatic N) is 1. The van der Waals surface area contributed by atoms with E-state index in [2.05, 4.69) is 15.9 Å². The number of anilines is 1. The summed E-state index contributed by atoms with van der Waals surface area (Å²) in [4.78, 5) is 0.217. The van der Waals surface area contributed by atoms with Gasteiger partial charge in [0.15, 0.2) is 0 Å². The molecule has 2 rings (SSSR count). The van der Waals surface area contributed by atoms with Gasteiger partial charge in [-0.3, -0.25) is 0 Å². The Morgan fingerprint density at radius 3 is 2.24 bits per heavy atom. The molecule has 0 saturated carbocycles. The summed E-state index contributed by atoms with van der Waals surface area (Å²) in [6.07, 6.45) is -0.532. The molecule has 1 saturated heterocycles. The third kappa shape index (κ3) is 3.09. The first kappa shape index (κ1) is 16.7. The number of rotatable bonds is 4. The van der Waals surface area contributed by atoms with E-state index in [9.17, 15) is 8.42 Å². The molecule has 0 aliphatic carbocycles. The van der Waals surface area contributed by atoms with Gasteiger partial charge < -0.3 is 15.2 Å². The molecule has 1 aromatic carbocycles. The molecule has 21 heavy (non-hydrogen) atoms. The van der Waals surface area contributed by atoms with Crippen molar-refractivity contribution < 1.29 is 17.9 Å². The summed E-state index contributed by atoms with van der Waals surface area (Å²) < 4.78 is 38.2. The van der Waals surface area contributed by atoms with E-state index in [0.29, 0.717) is 15.7 Å². The summed E-state index contributed by atoms with van der Waals surface area (Å²) in [6.45, 7) is 2.29. The maximum atomic E-state index is 12.8. The maximum absolute atomic E-state index is 12.8. The first-order valence-electron chi connectivity index (χ1n) is 6.42. The van der Waals surface area contributed by atoms with E-state index >= 15 is 0 Å². The third-order valence-corrected chi connectivity index (χ3v) is 6.36. The quantitative estimate of drug-likeness (QED) is 0.800. The van der Waals surface area contributed by atoms with Crippen LogP contribution < -0.4 is 5.73 Å². The lowest BCUT2D eigenvalue weighted by Gasteiger charge is -2.18. The lowest BCUT2D eigenvalue weighted by Crippen LogP contribution is -2.30. The average Bonchev–Trinajstić information content (AvgIpc) is 2.86. The van der Waals surface area contributed by atoms with E-state index in [1.165, 1.54) is 10.4 Å². The lowest BCUT2D eigenvalue weighted by molar-refractivity contribution is -0.00461. The van der Waals surface area contributed by atoms with Crippen molar-refractivity contribution in [1.29, 1.82) is 0 Å². The number of nitrogen functional groups attached to an aromatic ring is 1. The van der Waals surface area contributed by atoms with E-state index < -0.39 is 10.0 Å². The summed E-state index contributed by atoms with van der Waals surface area (Å²) in [5.41, 5.74) is 6.85. The van der Waals surface area contributed by atoms with Crippen molar-refractivity contribution >= 4 is 31.6 Å². The second kappa shape index (κ2) is 6.21. The topological polar surface area (TPSA) is 81.9 Å². The molecular weight excluding hydrogens is 360 g/mol. The van der Waals surface area contributed by atoms with Gasteiger partial charge in [-0.05, 0) is 40.5 Å². The molecule has 0 amide bonds. The molecule has 0 spiro atoms. The van der Waals surface area contributed by atoms with Crippen molar-refractivity contribution in [2.24, 2.45) is 0 Å². The van der Waals surface area contributed by atoms with Crippen LogP contribution in [-0.4, -0.2) is 52.2 Å². The van der Waals surface area contributed by atoms with Crippen LogP contribution in [0.4, 0.5) is 5.69 Å². The summed E-state index contributed by atoms with van der Waals surface area (Å²) in [7, 11) is -0.520. The smallest absolute Gasteiger partial charge is 0.243 e. The van der Waals surface area contributed by atoms with Gasteiger partial charge in [0.25, 0.3) is 0 Å². The number of ether oxygens (including phenoxy) is 2. The van der Waals surface area contributed by atoms with Crippen LogP contribution in [0.2, 0.25) is 0 Å². The predicted octanol–water partition coefficient (Wildman–Crippen LogP) is 1.37. The Kier molecular flexibility index (Phi) is 4.94. The Balaban J connectivity index is 2.38. The van der Waals surface area contributed by atoms with E-state index in [-0.39, 0.29) is 30.2 Å². The van der Waals surface area contributed by atoms with Gasteiger partial charge in [0.1, 0.15) is 0 Å². The van der Waals surface area contributed by atoms with Crippen LogP contribution in [0, 0.1) is 6.92 Å². The molecule has 1 aliphatic heterocycles. The lowest BCUT2D eigenvalue weighted by atomic mass is 10.2. The number of benzene rings is 1. The number of hydrogen-bond acceptors (Lipinski definition) is 5. The molecule has 2 unspecified atom stereocenters. The van der Waals surface area contributed by atoms with Crippen LogP contribution in [0.15, 0.2) is 21.5 Å². The van der Waals surface area contributed by atoms with Crippen LogP contribution in [0.3, 0.4) is 0 Å². The van der Waals surface area contributed by atoms with E-state index in [4.69, 9.17) is 15.2 Å². The van der Waals surface area contributed by atoms with Gasteiger partial charge in [-0.15, -0.1) is 0 Å². The van der Waals surface area contributed by atoms with Gasteiger partial charge in [0.2, 0.25) is 10.0 Å². The first-order valence-corrected chi connectivity index (χ1v) is 8.66. The minimum Gasteiger partial charge on any atom is -0.398 e. The number of halogens is 1. The molecule has 1 aromatic rings. The second-order valence-electron chi connectivity index (χ2n) is 5.01. The molecular formula is C13H19BrN2O4S. The molecule has 2 atom stereocenters. The highest BCUT2D eigenvalue weighted by Gasteiger charge is 2.40. The molecule has 1 aliphatic rings. The summed E-state index contributed by atoms with van der Waals surface area (Å²) in [5, 5.41) is 0. The molecule has 6 nitrogen and oxygen atoms in total. The average molecular weight is 379 g/mol. The van der Waals surface area contributed by atoms with E-state index in [1.807, 2.05) is 0 Å². The highest BCUT2D eigenvalue weighted by atomic mass is 79.9. The molecule has 8 heteroatoms. The van der Waals surface area contributed by atoms with Crippen molar-refractivity contribution in [2.45, 2.75) is 24.0 Å². The number of nitrogens with two attached hydrogens (primary N) is 1. The Labute approximate surface area is 133 Å². The first-order chi connectivity index (χ1) is 9.81. The third-order valence-electron chi connectivity index (χ3n) is 3.70. The fourth-order valence-corrected chi connectivity index (χ4v) is 4.61. The van der Waals surface area contributed by atoms with E-state index in [1.54, 1.807) is 27.2 Å². The van der Waals surface area contributed by atoms with Gasteiger partial charge in [-0.1, -0.05) is 0 Å². The van der Waals surface area contributed by atoms with Gasteiger partial charge in [0.05, 0.1) is 17.1 Å². The van der Waals surface area contributed by atoms with E-state index in [0.717, 1.165) is 0 Å². The SMILES string of the molecule is COC1CN(S(=O)(=O)c2cc(N)c(Br)cc2C)CC1OC. The predicted molar refractivity (Wildman–Crippen MR) is 83.6 cm³/mol. The molecule has 0 aromatic heterocycles. The van der Waals surface area contributed by atoms with Crippen molar-refractivity contribution in [3.05, 3.63) is 22.2 Å². The largest absolute Gasteiger partial charge is 0.398 e. The maximum Gasteiger partial charge on any atom is 0.243 e. The highest BCUT2D eigenvalue weighted by molar-refractivity contribution is 9.10. The van der Waals surface area contributed by atoms with Gasteiger partial charge in [-0.2, -0.15) is 4.31 Å². The van der Waals surface area contributed by atoms with Crippen LogP contribution in [0.1, 0.15) is 5.56 Å². The monoisotopic (exact) mass is 378 g/mol. The number of methoxy groups -OCH3 is 2. The van der Waals surface area contributed by atoms with Crippen LogP contribution in [0.5, 0.6) is 0 Å². The summed E-state index contributed by atoms with van der Waals surface area (Å²) in [5.74, 6) is 0. The van der Waals surface area contributed by atoms with Crippen LogP contribution >= 0.6 is 15.9 Å². The van der Waals surface area contributed by atoms with Crippen molar-refractivity contribution in [2.75, 3.05) is 33.0 Å². The summed E-state index contributed by atoms with van der Waals surface area (Å²) >= 11 is 3.30. The number of sulfonamides is 1. The Hall–Kier alpha value is -0.670. The number of aryl methyl sites for hydroxylation is 1. The second-order valence-corrected chi connectivity index (χ2v) is 7.77. The molecule has 2 N–H and O–H groups in total. The summed E-state index contributed by atoms with van der Waals surface area (Å²) in [6, 6.07) is 3.19. The minimum atomic E-state index is -3.62.